The van der Waals surface area contributed by atoms with Crippen molar-refractivity contribution in [3.8, 4) is 0 Å². The molecule has 2 nitrogen and oxygen atoms in total. The van der Waals surface area contributed by atoms with Gasteiger partial charge in [-0.25, -0.2) is 0 Å². The van der Waals surface area contributed by atoms with Gasteiger partial charge in [0.05, 0.1) is 9.21 Å². The zero-order valence-corrected chi connectivity index (χ0v) is 11.1. The van der Waals surface area contributed by atoms with E-state index in [9.17, 15) is 4.79 Å². The number of nitrogens with zero attached hydrogens (tertiary/aromatic N) is 1. The molecule has 0 aromatic carbocycles. The molecule has 4 heteroatoms. The molecular weight excluding hydrogens is 254 g/mol. The standard InChI is InChI=1S/C13H14ClNOS/c14-12-4-3-11(17-12)13(16)15-7-5-10(6-8-15)9-1-2-9/h3-4H,1-2,5-8H2. The molecule has 0 atom stereocenters. The molecule has 0 spiro atoms. The van der Waals surface area contributed by atoms with Crippen LogP contribution in [0.5, 0.6) is 0 Å². The molecule has 1 amide bonds. The molecule has 1 aliphatic carbocycles. The van der Waals surface area contributed by atoms with Crippen molar-refractivity contribution in [2.24, 2.45) is 0 Å². The lowest BCUT2D eigenvalue weighted by molar-refractivity contribution is 0.0748. The van der Waals surface area contributed by atoms with Gasteiger partial charge in [-0.05, 0) is 37.8 Å². The summed E-state index contributed by atoms with van der Waals surface area (Å²) in [6.07, 6.45) is 4.73. The largest absolute Gasteiger partial charge is 0.337 e. The first-order valence-corrected chi connectivity index (χ1v) is 7.18. The normalized spacial score (nSPS) is 19.7. The number of thiophene rings is 1. The van der Waals surface area contributed by atoms with Gasteiger partial charge < -0.3 is 4.90 Å². The van der Waals surface area contributed by atoms with E-state index in [4.69, 9.17) is 11.6 Å². The van der Waals surface area contributed by atoms with Gasteiger partial charge >= 0.3 is 0 Å². The maximum Gasteiger partial charge on any atom is 0.263 e. The molecule has 17 heavy (non-hydrogen) atoms. The highest BCUT2D eigenvalue weighted by Crippen LogP contribution is 2.36. The summed E-state index contributed by atoms with van der Waals surface area (Å²) < 4.78 is 0.686. The fourth-order valence-electron chi connectivity index (χ4n) is 2.33. The van der Waals surface area contributed by atoms with Crippen LogP contribution >= 0.6 is 22.9 Å². The highest BCUT2D eigenvalue weighted by molar-refractivity contribution is 7.17. The van der Waals surface area contributed by atoms with Crippen LogP contribution < -0.4 is 0 Å². The van der Waals surface area contributed by atoms with Gasteiger partial charge in [0.25, 0.3) is 5.91 Å². The number of carbonyl (C=O) groups is 1. The number of likely N-dealkylation sites (tertiary alicyclic amines) is 1. The van der Waals surface area contributed by atoms with Gasteiger partial charge in [0.1, 0.15) is 0 Å². The molecule has 2 aliphatic rings. The number of rotatable bonds is 1. The van der Waals surface area contributed by atoms with Crippen molar-refractivity contribution in [1.29, 1.82) is 0 Å². The number of piperidine rings is 1. The summed E-state index contributed by atoms with van der Waals surface area (Å²) in [4.78, 5) is 14.9. The van der Waals surface area contributed by atoms with Crippen LogP contribution in [0.15, 0.2) is 23.3 Å². The summed E-state index contributed by atoms with van der Waals surface area (Å²) in [5.41, 5.74) is 3.26. The van der Waals surface area contributed by atoms with E-state index in [1.165, 1.54) is 24.2 Å². The minimum absolute atomic E-state index is 0.141. The predicted octanol–water partition coefficient (Wildman–Crippen LogP) is 3.73. The summed E-state index contributed by atoms with van der Waals surface area (Å²) in [6, 6.07) is 3.62. The van der Waals surface area contributed by atoms with Crippen LogP contribution in [0.3, 0.4) is 0 Å². The molecule has 2 fully saturated rings. The van der Waals surface area contributed by atoms with E-state index < -0.39 is 0 Å². The smallest absolute Gasteiger partial charge is 0.263 e. The van der Waals surface area contributed by atoms with E-state index in [2.05, 4.69) is 0 Å². The zero-order valence-electron chi connectivity index (χ0n) is 9.54. The average molecular weight is 268 g/mol. The summed E-state index contributed by atoms with van der Waals surface area (Å²) in [5, 5.41) is 0. The van der Waals surface area contributed by atoms with E-state index in [1.807, 2.05) is 11.0 Å². The third-order valence-corrected chi connectivity index (χ3v) is 4.66. The number of amides is 1. The lowest BCUT2D eigenvalue weighted by Crippen LogP contribution is -2.35. The molecule has 3 rings (SSSR count). The summed E-state index contributed by atoms with van der Waals surface area (Å²) >= 11 is 7.23. The highest BCUT2D eigenvalue weighted by Gasteiger charge is 2.25. The number of halogens is 1. The Morgan fingerprint density at radius 2 is 1.76 bits per heavy atom. The van der Waals surface area contributed by atoms with Crippen molar-refractivity contribution in [2.75, 3.05) is 13.1 Å². The molecule has 2 heterocycles. The van der Waals surface area contributed by atoms with E-state index in [-0.39, 0.29) is 5.91 Å². The fraction of sp³-hybridized carbons (Fsp3) is 0.462. The molecule has 1 aromatic rings. The molecule has 1 aromatic heterocycles. The average Bonchev–Trinajstić information content (AvgIpc) is 3.11. The molecule has 0 bridgehead atoms. The van der Waals surface area contributed by atoms with E-state index in [1.54, 1.807) is 17.2 Å². The van der Waals surface area contributed by atoms with E-state index in [0.29, 0.717) is 4.34 Å². The minimum Gasteiger partial charge on any atom is -0.337 e. The molecule has 90 valence electrons. The van der Waals surface area contributed by atoms with Gasteiger partial charge in [-0.2, -0.15) is 0 Å². The monoisotopic (exact) mass is 267 g/mol. The van der Waals surface area contributed by atoms with Crippen molar-refractivity contribution >= 4 is 28.8 Å². The van der Waals surface area contributed by atoms with Crippen LogP contribution in [-0.2, 0) is 0 Å². The van der Waals surface area contributed by atoms with Gasteiger partial charge in [0.2, 0.25) is 0 Å². The van der Waals surface area contributed by atoms with Crippen LogP contribution in [0.25, 0.3) is 0 Å². The summed E-state index contributed by atoms with van der Waals surface area (Å²) in [6.45, 7) is 1.74. The topological polar surface area (TPSA) is 20.3 Å². The molecule has 1 saturated carbocycles. The first-order valence-electron chi connectivity index (χ1n) is 5.98. The Morgan fingerprint density at radius 1 is 1.12 bits per heavy atom. The van der Waals surface area contributed by atoms with Crippen molar-refractivity contribution in [1.82, 2.24) is 4.90 Å². The van der Waals surface area contributed by atoms with Crippen LogP contribution in [0.1, 0.15) is 35.4 Å². The van der Waals surface area contributed by atoms with E-state index in [0.717, 1.165) is 30.8 Å². The maximum absolute atomic E-state index is 12.2. The van der Waals surface area contributed by atoms with Crippen molar-refractivity contribution in [3.05, 3.63) is 32.5 Å². The van der Waals surface area contributed by atoms with Gasteiger partial charge in [-0.15, -0.1) is 11.3 Å². The number of hydrogen-bond acceptors (Lipinski definition) is 2. The predicted molar refractivity (Wildman–Crippen MR) is 70.7 cm³/mol. The van der Waals surface area contributed by atoms with Crippen LogP contribution in [-0.4, -0.2) is 23.9 Å². The number of allylic oxidation sites excluding steroid dienone is 1. The van der Waals surface area contributed by atoms with Gasteiger partial charge in [-0.3, -0.25) is 4.79 Å². The fourth-order valence-corrected chi connectivity index (χ4v) is 3.35. The first-order chi connectivity index (χ1) is 8.24. The van der Waals surface area contributed by atoms with Crippen molar-refractivity contribution in [2.45, 2.75) is 25.7 Å². The Labute approximate surface area is 110 Å². The maximum atomic E-state index is 12.2. The van der Waals surface area contributed by atoms with Gasteiger partial charge in [0.15, 0.2) is 0 Å². The summed E-state index contributed by atoms with van der Waals surface area (Å²) in [7, 11) is 0. The molecule has 0 unspecified atom stereocenters. The molecule has 1 saturated heterocycles. The molecule has 0 radical (unpaired) electrons. The second-order valence-corrected chi connectivity index (χ2v) is 6.32. The zero-order chi connectivity index (χ0) is 11.8. The molecule has 1 aliphatic heterocycles. The van der Waals surface area contributed by atoms with Gasteiger partial charge in [-0.1, -0.05) is 22.7 Å². The summed E-state index contributed by atoms with van der Waals surface area (Å²) in [5.74, 6) is 0.141. The van der Waals surface area contributed by atoms with Crippen LogP contribution in [0, 0.1) is 0 Å². The Bertz CT molecular complexity index is 475. The first kappa shape index (κ1) is 11.3. The molecule has 0 N–H and O–H groups in total. The Hall–Kier alpha value is -0.800. The minimum atomic E-state index is 0.141. The second-order valence-electron chi connectivity index (χ2n) is 4.60. The SMILES string of the molecule is O=C(c1ccc(Cl)s1)N1CCC(=C2CC2)CC1. The third-order valence-electron chi connectivity index (χ3n) is 3.44. The highest BCUT2D eigenvalue weighted by atomic mass is 35.5. The Balaban J connectivity index is 1.66. The second kappa shape index (κ2) is 4.46. The Morgan fingerprint density at radius 3 is 2.29 bits per heavy atom. The van der Waals surface area contributed by atoms with Crippen LogP contribution in [0.4, 0.5) is 0 Å². The quantitative estimate of drug-likeness (QED) is 0.710. The Kier molecular flexibility index (Phi) is 2.97. The van der Waals surface area contributed by atoms with E-state index >= 15 is 0 Å². The number of carbonyl (C=O) groups excluding carboxylic acids is 1. The number of hydrogen-bond donors (Lipinski definition) is 0. The third kappa shape index (κ3) is 2.40. The lowest BCUT2D eigenvalue weighted by atomic mass is 10.0. The molecular formula is C13H14ClNOS. The van der Waals surface area contributed by atoms with Gasteiger partial charge in [0, 0.05) is 13.1 Å². The van der Waals surface area contributed by atoms with Crippen molar-refractivity contribution in [3.63, 3.8) is 0 Å². The van der Waals surface area contributed by atoms with Crippen LogP contribution in [0.2, 0.25) is 4.34 Å². The lowest BCUT2D eigenvalue weighted by Gasteiger charge is -2.28. The van der Waals surface area contributed by atoms with Crippen molar-refractivity contribution < 1.29 is 4.79 Å².